The number of aryl methyl sites for hydroxylation is 1. The van der Waals surface area contributed by atoms with Crippen LogP contribution in [-0.2, 0) is 9.31 Å². The molecule has 1 aromatic rings. The summed E-state index contributed by atoms with van der Waals surface area (Å²) in [4.78, 5) is 11.8. The second-order valence-corrected chi connectivity index (χ2v) is 6.24. The van der Waals surface area contributed by atoms with E-state index >= 15 is 0 Å². The van der Waals surface area contributed by atoms with Gasteiger partial charge in [-0.1, -0.05) is 11.6 Å². The largest absolute Gasteiger partial charge is 0.495 e. The Bertz CT molecular complexity index is 524. The smallest absolute Gasteiger partial charge is 0.399 e. The van der Waals surface area contributed by atoms with Gasteiger partial charge in [-0.15, -0.1) is 0 Å². The molecule has 0 spiro atoms. The van der Waals surface area contributed by atoms with E-state index in [1.165, 1.54) is 0 Å². The predicted molar refractivity (Wildman–Crippen MR) is 80.3 cm³/mol. The minimum absolute atomic E-state index is 0.109. The van der Waals surface area contributed by atoms with E-state index in [1.807, 2.05) is 52.8 Å². The number of carbonyl (C=O) groups excluding carboxylic acids is 1. The van der Waals surface area contributed by atoms with Crippen molar-refractivity contribution in [2.75, 3.05) is 7.05 Å². The van der Waals surface area contributed by atoms with Gasteiger partial charge < -0.3 is 14.6 Å². The first kappa shape index (κ1) is 15.1. The Morgan fingerprint density at radius 1 is 1.15 bits per heavy atom. The highest BCUT2D eigenvalue weighted by atomic mass is 16.7. The van der Waals surface area contributed by atoms with Crippen molar-refractivity contribution in [1.29, 1.82) is 0 Å². The molecule has 1 heterocycles. The number of benzene rings is 1. The average Bonchev–Trinajstić information content (AvgIpc) is 2.58. The highest BCUT2D eigenvalue weighted by Gasteiger charge is 2.52. The van der Waals surface area contributed by atoms with Crippen LogP contribution in [0.4, 0.5) is 0 Å². The minimum atomic E-state index is -0.440. The molecule has 1 aliphatic heterocycles. The van der Waals surface area contributed by atoms with E-state index in [1.54, 1.807) is 7.05 Å². The summed E-state index contributed by atoms with van der Waals surface area (Å²) in [5, 5.41) is 2.63. The molecule has 1 saturated heterocycles. The van der Waals surface area contributed by atoms with Crippen LogP contribution < -0.4 is 10.8 Å². The molecule has 0 bridgehead atoms. The predicted octanol–water partition coefficient (Wildman–Crippen LogP) is 1.65. The number of amides is 1. The van der Waals surface area contributed by atoms with Crippen molar-refractivity contribution >= 4 is 18.5 Å². The first-order chi connectivity index (χ1) is 9.18. The van der Waals surface area contributed by atoms with Crippen LogP contribution in [0.2, 0.25) is 0 Å². The van der Waals surface area contributed by atoms with Crippen molar-refractivity contribution in [3.05, 3.63) is 29.3 Å². The van der Waals surface area contributed by atoms with Gasteiger partial charge in [0, 0.05) is 12.6 Å². The zero-order valence-electron chi connectivity index (χ0n) is 13.0. The first-order valence-corrected chi connectivity index (χ1v) is 6.86. The van der Waals surface area contributed by atoms with E-state index in [4.69, 9.17) is 9.31 Å². The Morgan fingerprint density at radius 3 is 2.20 bits per heavy atom. The molecule has 20 heavy (non-hydrogen) atoms. The lowest BCUT2D eigenvalue weighted by Crippen LogP contribution is -2.41. The molecule has 108 valence electrons. The molecule has 0 radical (unpaired) electrons. The first-order valence-electron chi connectivity index (χ1n) is 6.86. The lowest BCUT2D eigenvalue weighted by Gasteiger charge is -2.32. The molecule has 0 aromatic heterocycles. The van der Waals surface area contributed by atoms with Crippen LogP contribution in [0.3, 0.4) is 0 Å². The molecule has 1 amide bonds. The fourth-order valence-electron chi connectivity index (χ4n) is 2.15. The molecule has 1 fully saturated rings. The van der Waals surface area contributed by atoms with E-state index in [0.29, 0.717) is 5.56 Å². The SMILES string of the molecule is CNC(=O)c1ccc(C)c(B2OC(C)(C)C(C)(C)O2)c1. The number of carbonyl (C=O) groups is 1. The van der Waals surface area contributed by atoms with Crippen LogP contribution in [0, 0.1) is 6.92 Å². The van der Waals surface area contributed by atoms with Crippen molar-refractivity contribution in [2.24, 2.45) is 0 Å². The van der Waals surface area contributed by atoms with Crippen molar-refractivity contribution in [3.8, 4) is 0 Å². The zero-order valence-corrected chi connectivity index (χ0v) is 13.0. The molecular formula is C15H22BNO3. The van der Waals surface area contributed by atoms with Crippen LogP contribution in [0.1, 0.15) is 43.6 Å². The van der Waals surface area contributed by atoms with Gasteiger partial charge in [0.15, 0.2) is 0 Å². The van der Waals surface area contributed by atoms with E-state index in [-0.39, 0.29) is 17.1 Å². The monoisotopic (exact) mass is 275 g/mol. The van der Waals surface area contributed by atoms with E-state index in [0.717, 1.165) is 11.0 Å². The van der Waals surface area contributed by atoms with Crippen molar-refractivity contribution in [1.82, 2.24) is 5.32 Å². The number of hydrogen-bond donors (Lipinski definition) is 1. The molecule has 0 aliphatic carbocycles. The summed E-state index contributed by atoms with van der Waals surface area (Å²) in [6, 6.07) is 5.57. The maximum absolute atomic E-state index is 11.8. The minimum Gasteiger partial charge on any atom is -0.399 e. The van der Waals surface area contributed by atoms with Gasteiger partial charge in [0.2, 0.25) is 0 Å². The standard InChI is InChI=1S/C15H22BNO3/c1-10-7-8-11(13(18)17-6)9-12(10)16-19-14(2,3)15(4,5)20-16/h7-9H,1-6H3,(H,17,18). The van der Waals surface area contributed by atoms with E-state index in [2.05, 4.69) is 5.32 Å². The summed E-state index contributed by atoms with van der Waals surface area (Å²) < 4.78 is 12.1. The number of nitrogens with one attached hydrogen (secondary N) is 1. The summed E-state index contributed by atoms with van der Waals surface area (Å²) in [5.41, 5.74) is 1.81. The maximum atomic E-state index is 11.8. The van der Waals surface area contributed by atoms with Crippen molar-refractivity contribution in [3.63, 3.8) is 0 Å². The van der Waals surface area contributed by atoms with Crippen LogP contribution >= 0.6 is 0 Å². The normalized spacial score (nSPS) is 20.0. The molecule has 1 N–H and O–H groups in total. The Balaban J connectivity index is 2.37. The molecule has 0 unspecified atom stereocenters. The van der Waals surface area contributed by atoms with Crippen molar-refractivity contribution in [2.45, 2.75) is 45.8 Å². The summed E-state index contributed by atoms with van der Waals surface area (Å²) in [6.45, 7) is 10.1. The van der Waals surface area contributed by atoms with Crippen LogP contribution in [0.25, 0.3) is 0 Å². The van der Waals surface area contributed by atoms with Crippen LogP contribution in [0.15, 0.2) is 18.2 Å². The zero-order chi connectivity index (χ0) is 15.1. The molecule has 1 aromatic carbocycles. The summed E-state index contributed by atoms with van der Waals surface area (Å²) in [6.07, 6.45) is 0. The molecule has 1 aliphatic rings. The van der Waals surface area contributed by atoms with Gasteiger partial charge in [-0.05, 0) is 52.2 Å². The summed E-state index contributed by atoms with van der Waals surface area (Å²) in [7, 11) is 1.18. The van der Waals surface area contributed by atoms with Gasteiger partial charge in [-0.3, -0.25) is 4.79 Å². The average molecular weight is 275 g/mol. The molecular weight excluding hydrogens is 253 g/mol. The lowest BCUT2D eigenvalue weighted by molar-refractivity contribution is 0.00578. The Hall–Kier alpha value is -1.33. The molecule has 5 heteroatoms. The van der Waals surface area contributed by atoms with Gasteiger partial charge in [-0.25, -0.2) is 0 Å². The van der Waals surface area contributed by atoms with E-state index in [9.17, 15) is 4.79 Å². The summed E-state index contributed by atoms with van der Waals surface area (Å²) in [5.74, 6) is -0.109. The van der Waals surface area contributed by atoms with Gasteiger partial charge in [0.1, 0.15) is 0 Å². The fourth-order valence-corrected chi connectivity index (χ4v) is 2.15. The molecule has 4 nitrogen and oxygen atoms in total. The van der Waals surface area contributed by atoms with Gasteiger partial charge in [-0.2, -0.15) is 0 Å². The molecule has 0 atom stereocenters. The lowest BCUT2D eigenvalue weighted by atomic mass is 9.75. The fraction of sp³-hybridized carbons (Fsp3) is 0.533. The summed E-state index contributed by atoms with van der Waals surface area (Å²) >= 11 is 0. The third-order valence-electron chi connectivity index (χ3n) is 4.28. The quantitative estimate of drug-likeness (QED) is 0.835. The van der Waals surface area contributed by atoms with Crippen molar-refractivity contribution < 1.29 is 14.1 Å². The Morgan fingerprint density at radius 2 is 1.70 bits per heavy atom. The number of rotatable bonds is 2. The van der Waals surface area contributed by atoms with Crippen LogP contribution in [-0.4, -0.2) is 31.3 Å². The second kappa shape index (κ2) is 4.90. The molecule has 0 saturated carbocycles. The third kappa shape index (κ3) is 2.48. The highest BCUT2D eigenvalue weighted by molar-refractivity contribution is 6.62. The Kier molecular flexibility index (Phi) is 3.69. The molecule has 2 rings (SSSR count). The second-order valence-electron chi connectivity index (χ2n) is 6.24. The van der Waals surface area contributed by atoms with Gasteiger partial charge in [0.05, 0.1) is 11.2 Å². The van der Waals surface area contributed by atoms with Crippen LogP contribution in [0.5, 0.6) is 0 Å². The highest BCUT2D eigenvalue weighted by Crippen LogP contribution is 2.36. The van der Waals surface area contributed by atoms with Gasteiger partial charge in [0.25, 0.3) is 5.91 Å². The topological polar surface area (TPSA) is 47.6 Å². The third-order valence-corrected chi connectivity index (χ3v) is 4.28. The maximum Gasteiger partial charge on any atom is 0.495 e. The van der Waals surface area contributed by atoms with E-state index < -0.39 is 7.12 Å². The van der Waals surface area contributed by atoms with Gasteiger partial charge >= 0.3 is 7.12 Å². The Labute approximate surface area is 121 Å². The number of hydrogen-bond acceptors (Lipinski definition) is 3.